The average molecular weight is 290 g/mol. The second-order valence-electron chi connectivity index (χ2n) is 3.76. The van der Waals surface area contributed by atoms with Crippen LogP contribution in [0, 0.1) is 6.92 Å². The van der Waals surface area contributed by atoms with Crippen LogP contribution in [0.3, 0.4) is 0 Å². The highest BCUT2D eigenvalue weighted by Gasteiger charge is 2.62. The van der Waals surface area contributed by atoms with E-state index in [2.05, 4.69) is 0 Å². The van der Waals surface area contributed by atoms with Gasteiger partial charge in [0.05, 0.1) is 0 Å². The first-order valence-electron chi connectivity index (χ1n) is 4.67. The van der Waals surface area contributed by atoms with Gasteiger partial charge in [-0.25, -0.2) is 0 Å². The standard InChI is InChI=1S/C10H9ClF5NO/c1-4-2-5(11)3-6(7(4)18)8(17)9(12,13)10(14,15)16/h2-3,8,18H,17H2,1H3/t8-/m1/s1. The van der Waals surface area contributed by atoms with E-state index in [-0.39, 0.29) is 10.6 Å². The molecule has 1 aromatic carbocycles. The summed E-state index contributed by atoms with van der Waals surface area (Å²) in [6, 6.07) is -0.720. The van der Waals surface area contributed by atoms with Gasteiger partial charge in [0.15, 0.2) is 0 Å². The average Bonchev–Trinajstić information content (AvgIpc) is 2.20. The third-order valence-corrected chi connectivity index (χ3v) is 2.62. The lowest BCUT2D eigenvalue weighted by Gasteiger charge is -2.26. The molecule has 0 aromatic heterocycles. The molecule has 0 aliphatic rings. The number of nitrogens with two attached hydrogens (primary N) is 1. The van der Waals surface area contributed by atoms with Crippen LogP contribution in [0.2, 0.25) is 5.02 Å². The van der Waals surface area contributed by atoms with Crippen molar-refractivity contribution in [1.29, 1.82) is 0 Å². The van der Waals surface area contributed by atoms with Gasteiger partial charge in [0.25, 0.3) is 0 Å². The molecule has 8 heteroatoms. The third-order valence-electron chi connectivity index (χ3n) is 2.40. The van der Waals surface area contributed by atoms with E-state index in [1.165, 1.54) is 13.0 Å². The summed E-state index contributed by atoms with van der Waals surface area (Å²) in [5, 5.41) is 9.39. The molecule has 102 valence electrons. The number of benzene rings is 1. The highest BCUT2D eigenvalue weighted by molar-refractivity contribution is 6.30. The fourth-order valence-corrected chi connectivity index (χ4v) is 1.65. The van der Waals surface area contributed by atoms with Crippen LogP contribution in [-0.4, -0.2) is 17.2 Å². The number of halogens is 6. The predicted octanol–water partition coefficient (Wildman–Crippen LogP) is 3.55. The van der Waals surface area contributed by atoms with E-state index >= 15 is 0 Å². The number of alkyl halides is 5. The molecule has 0 aliphatic heterocycles. The summed E-state index contributed by atoms with van der Waals surface area (Å²) in [6.45, 7) is 1.31. The summed E-state index contributed by atoms with van der Waals surface area (Å²) in [5.41, 5.74) is 4.22. The number of aromatic hydroxyl groups is 1. The van der Waals surface area contributed by atoms with Crippen molar-refractivity contribution in [2.24, 2.45) is 5.73 Å². The molecule has 0 saturated heterocycles. The van der Waals surface area contributed by atoms with E-state index in [1.807, 2.05) is 0 Å². The molecular formula is C10H9ClF5NO. The Morgan fingerprint density at radius 3 is 2.17 bits per heavy atom. The van der Waals surface area contributed by atoms with Gasteiger partial charge in [-0.2, -0.15) is 22.0 Å². The SMILES string of the molecule is Cc1cc(Cl)cc([C@@H](N)C(F)(F)C(F)(F)F)c1O. The Balaban J connectivity index is 3.31. The molecule has 2 nitrogen and oxygen atoms in total. The smallest absolute Gasteiger partial charge is 0.455 e. The Morgan fingerprint density at radius 1 is 1.22 bits per heavy atom. The number of aryl methyl sites for hydroxylation is 1. The largest absolute Gasteiger partial charge is 0.507 e. The molecule has 3 N–H and O–H groups in total. The topological polar surface area (TPSA) is 46.2 Å². The molecule has 1 rings (SSSR count). The summed E-state index contributed by atoms with van der Waals surface area (Å²) >= 11 is 5.54. The maximum Gasteiger partial charge on any atom is 0.455 e. The van der Waals surface area contributed by atoms with E-state index in [9.17, 15) is 27.1 Å². The van der Waals surface area contributed by atoms with Gasteiger partial charge in [0, 0.05) is 10.6 Å². The third kappa shape index (κ3) is 2.51. The van der Waals surface area contributed by atoms with Crippen LogP contribution in [0.25, 0.3) is 0 Å². The molecule has 0 heterocycles. The molecule has 0 aliphatic carbocycles. The van der Waals surface area contributed by atoms with Crippen LogP contribution < -0.4 is 5.73 Å². The van der Waals surface area contributed by atoms with Crippen LogP contribution in [-0.2, 0) is 0 Å². The van der Waals surface area contributed by atoms with Crippen LogP contribution in [0.5, 0.6) is 5.75 Å². The number of hydrogen-bond donors (Lipinski definition) is 2. The lowest BCUT2D eigenvalue weighted by atomic mass is 9.98. The lowest BCUT2D eigenvalue weighted by molar-refractivity contribution is -0.291. The molecule has 0 amide bonds. The van der Waals surface area contributed by atoms with Crippen molar-refractivity contribution in [3.63, 3.8) is 0 Å². The fraction of sp³-hybridized carbons (Fsp3) is 0.400. The molecule has 1 atom stereocenters. The minimum atomic E-state index is -5.81. The zero-order valence-electron chi connectivity index (χ0n) is 9.02. The summed E-state index contributed by atoms with van der Waals surface area (Å²) in [5.74, 6) is -5.89. The quantitative estimate of drug-likeness (QED) is 0.818. The lowest BCUT2D eigenvalue weighted by Crippen LogP contribution is -2.45. The van der Waals surface area contributed by atoms with E-state index in [0.29, 0.717) is 0 Å². The maximum absolute atomic E-state index is 13.0. The number of phenols is 1. The van der Waals surface area contributed by atoms with E-state index in [0.717, 1.165) is 6.07 Å². The zero-order chi connectivity index (χ0) is 14.3. The van der Waals surface area contributed by atoms with Crippen molar-refractivity contribution in [3.8, 4) is 5.75 Å². The molecular weight excluding hydrogens is 281 g/mol. The molecule has 0 spiro atoms. The van der Waals surface area contributed by atoms with Crippen LogP contribution >= 0.6 is 11.6 Å². The molecule has 0 fully saturated rings. The van der Waals surface area contributed by atoms with Gasteiger partial charge in [-0.05, 0) is 24.6 Å². The zero-order valence-corrected chi connectivity index (χ0v) is 9.78. The normalized spacial score (nSPS) is 14.7. The number of phenolic OH excluding ortho intramolecular Hbond substituents is 1. The van der Waals surface area contributed by atoms with Gasteiger partial charge in [-0.15, -0.1) is 0 Å². The Morgan fingerprint density at radius 2 is 1.72 bits per heavy atom. The van der Waals surface area contributed by atoms with Gasteiger partial charge >= 0.3 is 12.1 Å². The summed E-state index contributed by atoms with van der Waals surface area (Å²) in [4.78, 5) is 0. The van der Waals surface area contributed by atoms with Gasteiger partial charge in [0.1, 0.15) is 11.8 Å². The van der Waals surface area contributed by atoms with Crippen molar-refractivity contribution >= 4 is 11.6 Å². The van der Waals surface area contributed by atoms with Gasteiger partial charge < -0.3 is 10.8 Å². The predicted molar refractivity (Wildman–Crippen MR) is 55.8 cm³/mol. The van der Waals surface area contributed by atoms with Crippen LogP contribution in [0.15, 0.2) is 12.1 Å². The first-order chi connectivity index (χ1) is 7.98. The summed E-state index contributed by atoms with van der Waals surface area (Å²) < 4.78 is 62.6. The summed E-state index contributed by atoms with van der Waals surface area (Å²) in [6.07, 6.45) is -5.81. The Labute approximate surface area is 104 Å². The number of rotatable bonds is 2. The Hall–Kier alpha value is -1.08. The highest BCUT2D eigenvalue weighted by Crippen LogP contribution is 2.46. The fourth-order valence-electron chi connectivity index (χ4n) is 1.37. The van der Waals surface area contributed by atoms with E-state index < -0.39 is 29.5 Å². The van der Waals surface area contributed by atoms with Gasteiger partial charge in [-0.3, -0.25) is 0 Å². The van der Waals surface area contributed by atoms with Crippen molar-refractivity contribution < 1.29 is 27.1 Å². The second-order valence-corrected chi connectivity index (χ2v) is 4.20. The minimum Gasteiger partial charge on any atom is -0.507 e. The Bertz CT molecular complexity index is 460. The molecule has 0 unspecified atom stereocenters. The first-order valence-corrected chi connectivity index (χ1v) is 5.05. The summed E-state index contributed by atoms with van der Waals surface area (Å²) in [7, 11) is 0. The van der Waals surface area contributed by atoms with Gasteiger partial charge in [-0.1, -0.05) is 11.6 Å². The molecule has 0 saturated carbocycles. The molecule has 1 aromatic rings. The van der Waals surface area contributed by atoms with Crippen LogP contribution in [0.1, 0.15) is 17.2 Å². The second kappa shape index (κ2) is 4.55. The first kappa shape index (κ1) is 15.0. The maximum atomic E-state index is 13.0. The molecule has 18 heavy (non-hydrogen) atoms. The Kier molecular flexibility index (Phi) is 3.78. The molecule has 0 bridgehead atoms. The molecule has 0 radical (unpaired) electrons. The van der Waals surface area contributed by atoms with Crippen molar-refractivity contribution in [3.05, 3.63) is 28.3 Å². The van der Waals surface area contributed by atoms with Gasteiger partial charge in [0.2, 0.25) is 0 Å². The van der Waals surface area contributed by atoms with Crippen LogP contribution in [0.4, 0.5) is 22.0 Å². The van der Waals surface area contributed by atoms with E-state index in [1.54, 1.807) is 0 Å². The van der Waals surface area contributed by atoms with Crippen molar-refractivity contribution in [1.82, 2.24) is 0 Å². The minimum absolute atomic E-state index is 0.0610. The highest BCUT2D eigenvalue weighted by atomic mass is 35.5. The van der Waals surface area contributed by atoms with Crippen molar-refractivity contribution in [2.45, 2.75) is 25.1 Å². The van der Waals surface area contributed by atoms with Crippen molar-refractivity contribution in [2.75, 3.05) is 0 Å². The monoisotopic (exact) mass is 289 g/mol. The number of hydrogen-bond acceptors (Lipinski definition) is 2. The van der Waals surface area contributed by atoms with E-state index in [4.69, 9.17) is 17.3 Å².